The second-order valence-corrected chi connectivity index (χ2v) is 5.55. The zero-order valence-corrected chi connectivity index (χ0v) is 14.9. The zero-order valence-electron chi connectivity index (χ0n) is 14.9. The summed E-state index contributed by atoms with van der Waals surface area (Å²) in [5.41, 5.74) is 0. The number of aliphatic imine (C=N–C) groups is 1. The molecule has 0 aliphatic rings. The van der Waals surface area contributed by atoms with Gasteiger partial charge in [-0.1, -0.05) is 0 Å². The van der Waals surface area contributed by atoms with Gasteiger partial charge in [-0.15, -0.1) is 0 Å². The Kier molecular flexibility index (Phi) is 9.79. The first-order valence-corrected chi connectivity index (χ1v) is 8.39. The van der Waals surface area contributed by atoms with Crippen molar-refractivity contribution < 1.29 is 27.0 Å². The van der Waals surface area contributed by atoms with Gasteiger partial charge in [-0.05, 0) is 44.5 Å². The number of guanidine groups is 1. The van der Waals surface area contributed by atoms with Crippen LogP contribution in [0.3, 0.4) is 0 Å². The van der Waals surface area contributed by atoms with E-state index in [-0.39, 0.29) is 18.5 Å². The molecule has 0 radical (unpaired) electrons. The smallest absolute Gasteiger partial charge is 0.411 e. The summed E-state index contributed by atoms with van der Waals surface area (Å²) in [6.07, 6.45) is -4.11. The maximum Gasteiger partial charge on any atom is 0.411 e. The third-order valence-corrected chi connectivity index (χ3v) is 3.03. The van der Waals surface area contributed by atoms with Crippen LogP contribution >= 0.6 is 0 Å². The van der Waals surface area contributed by atoms with Crippen LogP contribution in [-0.2, 0) is 4.74 Å². The molecule has 0 fully saturated rings. The highest BCUT2D eigenvalue weighted by Gasteiger charge is 2.27. The molecule has 0 aromatic heterocycles. The van der Waals surface area contributed by atoms with E-state index >= 15 is 0 Å². The van der Waals surface area contributed by atoms with Crippen molar-refractivity contribution in [2.24, 2.45) is 4.99 Å². The number of nitrogens with zero attached hydrogens (tertiary/aromatic N) is 1. The molecule has 1 rings (SSSR count). The van der Waals surface area contributed by atoms with Crippen molar-refractivity contribution in [3.8, 4) is 5.75 Å². The quantitative estimate of drug-likeness (QED) is 0.284. The Hall–Kier alpha value is -2.03. The summed E-state index contributed by atoms with van der Waals surface area (Å²) in [5.74, 6) is 0.757. The van der Waals surface area contributed by atoms with Crippen LogP contribution in [0.5, 0.6) is 5.75 Å². The monoisotopic (exact) mass is 379 g/mol. The summed E-state index contributed by atoms with van der Waals surface area (Å²) in [5, 5.41) is 6.05. The molecule has 0 amide bonds. The van der Waals surface area contributed by atoms with Gasteiger partial charge in [-0.25, -0.2) is 9.38 Å². The van der Waals surface area contributed by atoms with Crippen LogP contribution in [0.15, 0.2) is 29.3 Å². The maximum absolute atomic E-state index is 12.9. The predicted octanol–water partition coefficient (Wildman–Crippen LogP) is 3.12. The van der Waals surface area contributed by atoms with E-state index in [1.165, 1.54) is 12.1 Å². The lowest BCUT2D eigenvalue weighted by molar-refractivity contribution is -0.173. The van der Waals surface area contributed by atoms with Crippen LogP contribution in [0, 0.1) is 5.82 Å². The number of rotatable bonds is 10. The van der Waals surface area contributed by atoms with Crippen molar-refractivity contribution in [2.45, 2.75) is 32.5 Å². The molecule has 1 aromatic carbocycles. The first-order valence-electron chi connectivity index (χ1n) is 8.39. The molecule has 148 valence electrons. The number of benzene rings is 1. The number of halogens is 4. The van der Waals surface area contributed by atoms with Crippen LogP contribution in [0.25, 0.3) is 0 Å². The number of nitrogens with one attached hydrogen (secondary N) is 2. The molecule has 0 spiro atoms. The minimum atomic E-state index is -4.30. The lowest BCUT2D eigenvalue weighted by atomic mass is 10.3. The van der Waals surface area contributed by atoms with E-state index in [4.69, 9.17) is 4.74 Å². The van der Waals surface area contributed by atoms with Crippen LogP contribution in [0.4, 0.5) is 17.6 Å². The van der Waals surface area contributed by atoms with Gasteiger partial charge in [-0.2, -0.15) is 13.2 Å². The van der Waals surface area contributed by atoms with Crippen molar-refractivity contribution >= 4 is 5.96 Å². The van der Waals surface area contributed by atoms with Crippen molar-refractivity contribution in [1.82, 2.24) is 10.6 Å². The van der Waals surface area contributed by atoms with Crippen LogP contribution in [0.1, 0.15) is 20.3 Å². The molecule has 0 aliphatic heterocycles. The minimum absolute atomic E-state index is 0.00992. The second-order valence-electron chi connectivity index (χ2n) is 5.55. The Morgan fingerprint density at radius 1 is 1.19 bits per heavy atom. The number of hydrogen-bond acceptors (Lipinski definition) is 3. The average molecular weight is 379 g/mol. The maximum atomic E-state index is 12.9. The zero-order chi connectivity index (χ0) is 19.4. The third-order valence-electron chi connectivity index (χ3n) is 3.03. The molecule has 1 atom stereocenters. The van der Waals surface area contributed by atoms with Gasteiger partial charge in [0.05, 0.1) is 6.54 Å². The largest absolute Gasteiger partial charge is 0.489 e. The summed E-state index contributed by atoms with van der Waals surface area (Å²) in [7, 11) is 0. The molecular weight excluding hydrogens is 354 g/mol. The topological polar surface area (TPSA) is 54.9 Å². The SMILES string of the molecule is CCNC(=NCC(C)Oc1ccc(F)cc1)NCCCOCC(F)(F)F. The van der Waals surface area contributed by atoms with Gasteiger partial charge >= 0.3 is 6.18 Å². The lowest BCUT2D eigenvalue weighted by Crippen LogP contribution is -2.38. The highest BCUT2D eigenvalue weighted by molar-refractivity contribution is 5.79. The molecule has 0 heterocycles. The van der Waals surface area contributed by atoms with Gasteiger partial charge in [0.25, 0.3) is 0 Å². The van der Waals surface area contributed by atoms with E-state index in [9.17, 15) is 17.6 Å². The van der Waals surface area contributed by atoms with Gasteiger partial charge in [0.1, 0.15) is 24.3 Å². The van der Waals surface area contributed by atoms with E-state index < -0.39 is 12.8 Å². The van der Waals surface area contributed by atoms with Crippen LogP contribution < -0.4 is 15.4 Å². The molecule has 1 unspecified atom stereocenters. The Balaban J connectivity index is 2.31. The van der Waals surface area contributed by atoms with Crippen LogP contribution in [-0.4, -0.2) is 51.1 Å². The first kappa shape index (κ1) is 22.0. The lowest BCUT2D eigenvalue weighted by Gasteiger charge is -2.15. The summed E-state index contributed by atoms with van der Waals surface area (Å²) < 4.78 is 58.9. The summed E-state index contributed by atoms with van der Waals surface area (Å²) in [6.45, 7) is 3.94. The minimum Gasteiger partial charge on any atom is -0.489 e. The number of ether oxygens (including phenoxy) is 2. The number of hydrogen-bond donors (Lipinski definition) is 2. The van der Waals surface area contributed by atoms with Gasteiger partial charge < -0.3 is 20.1 Å². The van der Waals surface area contributed by atoms with Gasteiger partial charge in [0, 0.05) is 19.7 Å². The Labute approximate surface area is 150 Å². The Bertz CT molecular complexity index is 536. The molecule has 9 heteroatoms. The molecule has 0 bridgehead atoms. The molecule has 26 heavy (non-hydrogen) atoms. The van der Waals surface area contributed by atoms with Gasteiger partial charge in [0.15, 0.2) is 5.96 Å². The highest BCUT2D eigenvalue weighted by atomic mass is 19.4. The van der Waals surface area contributed by atoms with E-state index in [1.54, 1.807) is 12.1 Å². The molecule has 0 aliphatic carbocycles. The highest BCUT2D eigenvalue weighted by Crippen LogP contribution is 2.14. The average Bonchev–Trinajstić information content (AvgIpc) is 2.56. The molecule has 1 aromatic rings. The van der Waals surface area contributed by atoms with E-state index in [0.717, 1.165) is 0 Å². The van der Waals surface area contributed by atoms with Crippen molar-refractivity contribution in [2.75, 3.05) is 32.8 Å². The fourth-order valence-corrected chi connectivity index (χ4v) is 1.91. The van der Waals surface area contributed by atoms with E-state index in [2.05, 4.69) is 20.4 Å². The van der Waals surface area contributed by atoms with Crippen molar-refractivity contribution in [3.05, 3.63) is 30.1 Å². The fraction of sp³-hybridized carbons (Fsp3) is 0.588. The molecule has 0 saturated carbocycles. The fourth-order valence-electron chi connectivity index (χ4n) is 1.91. The van der Waals surface area contributed by atoms with E-state index in [0.29, 0.717) is 37.8 Å². The first-order chi connectivity index (χ1) is 12.3. The van der Waals surface area contributed by atoms with E-state index in [1.807, 2.05) is 13.8 Å². The Morgan fingerprint density at radius 3 is 2.50 bits per heavy atom. The van der Waals surface area contributed by atoms with Gasteiger partial charge in [0.2, 0.25) is 0 Å². The normalized spacial score (nSPS) is 13.4. The third kappa shape index (κ3) is 10.8. The van der Waals surface area contributed by atoms with Crippen LogP contribution in [0.2, 0.25) is 0 Å². The predicted molar refractivity (Wildman–Crippen MR) is 92.0 cm³/mol. The standard InChI is InChI=1S/C17H25F4N3O2/c1-3-22-16(23-9-4-10-25-12-17(19,20)21)24-11-13(2)26-15-7-5-14(18)6-8-15/h5-8,13H,3-4,9-12H2,1-2H3,(H2,22,23,24). The molecule has 5 nitrogen and oxygen atoms in total. The van der Waals surface area contributed by atoms with Crippen molar-refractivity contribution in [3.63, 3.8) is 0 Å². The van der Waals surface area contributed by atoms with Crippen molar-refractivity contribution in [1.29, 1.82) is 0 Å². The molecular formula is C17H25F4N3O2. The summed E-state index contributed by atoms with van der Waals surface area (Å²) in [4.78, 5) is 4.36. The second kappa shape index (κ2) is 11.6. The molecule has 2 N–H and O–H groups in total. The Morgan fingerprint density at radius 2 is 1.88 bits per heavy atom. The summed E-state index contributed by atoms with van der Waals surface area (Å²) in [6, 6.07) is 5.72. The number of alkyl halides is 3. The summed E-state index contributed by atoms with van der Waals surface area (Å²) >= 11 is 0. The van der Waals surface area contributed by atoms with Gasteiger partial charge in [-0.3, -0.25) is 0 Å². The molecule has 0 saturated heterocycles.